The highest BCUT2D eigenvalue weighted by Gasteiger charge is 2.20. The van der Waals surface area contributed by atoms with Crippen molar-refractivity contribution in [1.82, 2.24) is 14.7 Å². The number of morpholine rings is 1. The molecular formula is C15H25N3O. The standard InChI is InChI=1S/C15H25N3O/c1-12(2)5-6-17-7-8-19-15(10-17)11-18-14(4)9-13(3)16-18/h5,9,15H,6-8,10-11H2,1-4H3/t15-/m1/s1. The van der Waals surface area contributed by atoms with E-state index in [0.717, 1.165) is 38.5 Å². The van der Waals surface area contributed by atoms with Crippen LogP contribution in [0.5, 0.6) is 0 Å². The zero-order valence-electron chi connectivity index (χ0n) is 12.5. The van der Waals surface area contributed by atoms with Crippen molar-refractivity contribution < 1.29 is 4.74 Å². The van der Waals surface area contributed by atoms with Gasteiger partial charge in [-0.1, -0.05) is 11.6 Å². The zero-order chi connectivity index (χ0) is 13.8. The molecule has 1 aromatic heterocycles. The number of ether oxygens (including phenoxy) is 1. The highest BCUT2D eigenvalue weighted by molar-refractivity contribution is 5.06. The van der Waals surface area contributed by atoms with Crippen LogP contribution < -0.4 is 0 Å². The molecule has 106 valence electrons. The van der Waals surface area contributed by atoms with Gasteiger partial charge in [-0.15, -0.1) is 0 Å². The molecule has 4 nitrogen and oxygen atoms in total. The first-order chi connectivity index (χ1) is 9.04. The van der Waals surface area contributed by atoms with Gasteiger partial charge < -0.3 is 4.74 Å². The van der Waals surface area contributed by atoms with E-state index < -0.39 is 0 Å². The second-order valence-corrected chi connectivity index (χ2v) is 5.64. The van der Waals surface area contributed by atoms with Crippen LogP contribution in [0.4, 0.5) is 0 Å². The first kappa shape index (κ1) is 14.3. The summed E-state index contributed by atoms with van der Waals surface area (Å²) >= 11 is 0. The van der Waals surface area contributed by atoms with Gasteiger partial charge in [0.1, 0.15) is 0 Å². The summed E-state index contributed by atoms with van der Waals surface area (Å²) < 4.78 is 7.92. The number of aromatic nitrogens is 2. The first-order valence-corrected chi connectivity index (χ1v) is 7.03. The fourth-order valence-corrected chi connectivity index (χ4v) is 2.42. The quantitative estimate of drug-likeness (QED) is 0.780. The van der Waals surface area contributed by atoms with E-state index in [0.29, 0.717) is 0 Å². The van der Waals surface area contributed by atoms with Crippen molar-refractivity contribution in [2.24, 2.45) is 0 Å². The van der Waals surface area contributed by atoms with Crippen LogP contribution in [0.3, 0.4) is 0 Å². The predicted molar refractivity (Wildman–Crippen MR) is 77.3 cm³/mol. The van der Waals surface area contributed by atoms with Gasteiger partial charge in [-0.2, -0.15) is 5.10 Å². The second-order valence-electron chi connectivity index (χ2n) is 5.64. The molecule has 0 spiro atoms. The lowest BCUT2D eigenvalue weighted by Gasteiger charge is -2.32. The molecule has 1 fully saturated rings. The Morgan fingerprint density at radius 2 is 2.26 bits per heavy atom. The molecule has 2 heterocycles. The van der Waals surface area contributed by atoms with E-state index in [1.807, 2.05) is 6.92 Å². The number of rotatable bonds is 4. The van der Waals surface area contributed by atoms with E-state index in [1.165, 1.54) is 11.3 Å². The second kappa shape index (κ2) is 6.35. The number of nitrogens with zero attached hydrogens (tertiary/aromatic N) is 3. The van der Waals surface area contributed by atoms with Crippen LogP contribution in [0.2, 0.25) is 0 Å². The Hall–Kier alpha value is -1.13. The van der Waals surface area contributed by atoms with Gasteiger partial charge in [-0.05, 0) is 33.8 Å². The van der Waals surface area contributed by atoms with Crippen LogP contribution in [-0.2, 0) is 11.3 Å². The zero-order valence-corrected chi connectivity index (χ0v) is 12.5. The summed E-state index contributed by atoms with van der Waals surface area (Å²) in [4.78, 5) is 2.45. The molecule has 2 rings (SSSR count). The maximum atomic E-state index is 5.86. The molecule has 1 aliphatic heterocycles. The normalized spacial score (nSPS) is 20.5. The maximum Gasteiger partial charge on any atom is 0.0898 e. The third kappa shape index (κ3) is 4.18. The summed E-state index contributed by atoms with van der Waals surface area (Å²) in [5, 5.41) is 4.51. The van der Waals surface area contributed by atoms with Crippen LogP contribution in [0.1, 0.15) is 25.2 Å². The van der Waals surface area contributed by atoms with E-state index in [9.17, 15) is 0 Å². The Morgan fingerprint density at radius 3 is 2.89 bits per heavy atom. The lowest BCUT2D eigenvalue weighted by Crippen LogP contribution is -2.44. The van der Waals surface area contributed by atoms with Crippen LogP contribution in [0.15, 0.2) is 17.7 Å². The lowest BCUT2D eigenvalue weighted by atomic mass is 10.2. The monoisotopic (exact) mass is 263 g/mol. The highest BCUT2D eigenvalue weighted by atomic mass is 16.5. The molecule has 0 aliphatic carbocycles. The number of hydrogen-bond donors (Lipinski definition) is 0. The van der Waals surface area contributed by atoms with E-state index >= 15 is 0 Å². The van der Waals surface area contributed by atoms with Gasteiger partial charge in [0.15, 0.2) is 0 Å². The molecule has 1 aliphatic rings. The third-order valence-corrected chi connectivity index (χ3v) is 3.46. The molecule has 1 aromatic rings. The number of aryl methyl sites for hydroxylation is 2. The summed E-state index contributed by atoms with van der Waals surface area (Å²) in [5.41, 5.74) is 3.67. The Balaban J connectivity index is 1.90. The highest BCUT2D eigenvalue weighted by Crippen LogP contribution is 2.10. The Bertz CT molecular complexity index is 446. The molecule has 0 amide bonds. The maximum absolute atomic E-state index is 5.86. The van der Waals surface area contributed by atoms with Crippen LogP contribution in [-0.4, -0.2) is 47.0 Å². The van der Waals surface area contributed by atoms with E-state index in [2.05, 4.69) is 47.6 Å². The largest absolute Gasteiger partial charge is 0.374 e. The van der Waals surface area contributed by atoms with E-state index in [1.54, 1.807) is 0 Å². The molecule has 19 heavy (non-hydrogen) atoms. The molecule has 4 heteroatoms. The van der Waals surface area contributed by atoms with Crippen molar-refractivity contribution in [3.05, 3.63) is 29.1 Å². The summed E-state index contributed by atoms with van der Waals surface area (Å²) in [5.74, 6) is 0. The number of allylic oxidation sites excluding steroid dienone is 1. The van der Waals surface area contributed by atoms with Crippen molar-refractivity contribution in [2.45, 2.75) is 40.3 Å². The summed E-state index contributed by atoms with van der Waals surface area (Å²) in [7, 11) is 0. The van der Waals surface area contributed by atoms with E-state index in [4.69, 9.17) is 4.74 Å². The van der Waals surface area contributed by atoms with Crippen LogP contribution in [0.25, 0.3) is 0 Å². The molecule has 0 N–H and O–H groups in total. The van der Waals surface area contributed by atoms with Gasteiger partial charge in [0.25, 0.3) is 0 Å². The Labute approximate surface area is 116 Å². The summed E-state index contributed by atoms with van der Waals surface area (Å²) in [6, 6.07) is 2.11. The fourth-order valence-electron chi connectivity index (χ4n) is 2.42. The molecule has 1 atom stereocenters. The number of hydrogen-bond acceptors (Lipinski definition) is 3. The summed E-state index contributed by atoms with van der Waals surface area (Å²) in [6.45, 7) is 13.1. The Kier molecular flexibility index (Phi) is 4.77. The molecule has 0 saturated carbocycles. The minimum absolute atomic E-state index is 0.248. The fraction of sp³-hybridized carbons (Fsp3) is 0.667. The smallest absolute Gasteiger partial charge is 0.0898 e. The molecule has 0 unspecified atom stereocenters. The van der Waals surface area contributed by atoms with Gasteiger partial charge in [0.2, 0.25) is 0 Å². The summed E-state index contributed by atoms with van der Waals surface area (Å²) in [6.07, 6.45) is 2.53. The SMILES string of the molecule is CC(C)=CCN1CCO[C@@H](Cn2nc(C)cc2C)C1. The lowest BCUT2D eigenvalue weighted by molar-refractivity contribution is -0.0341. The van der Waals surface area contributed by atoms with Gasteiger partial charge in [-0.3, -0.25) is 9.58 Å². The predicted octanol–water partition coefficient (Wildman–Crippen LogP) is 2.17. The average Bonchev–Trinajstić information content (AvgIpc) is 2.66. The van der Waals surface area contributed by atoms with Crippen molar-refractivity contribution in [1.29, 1.82) is 0 Å². The van der Waals surface area contributed by atoms with Crippen LogP contribution in [0, 0.1) is 13.8 Å². The van der Waals surface area contributed by atoms with Gasteiger partial charge in [-0.25, -0.2) is 0 Å². The minimum atomic E-state index is 0.248. The average molecular weight is 263 g/mol. The third-order valence-electron chi connectivity index (χ3n) is 3.46. The molecule has 0 aromatic carbocycles. The molecule has 0 radical (unpaired) electrons. The van der Waals surface area contributed by atoms with Crippen molar-refractivity contribution in [2.75, 3.05) is 26.2 Å². The van der Waals surface area contributed by atoms with Gasteiger partial charge >= 0.3 is 0 Å². The molecule has 0 bridgehead atoms. The van der Waals surface area contributed by atoms with Crippen molar-refractivity contribution in [3.63, 3.8) is 0 Å². The van der Waals surface area contributed by atoms with Crippen LogP contribution >= 0.6 is 0 Å². The Morgan fingerprint density at radius 1 is 1.47 bits per heavy atom. The van der Waals surface area contributed by atoms with E-state index in [-0.39, 0.29) is 6.10 Å². The van der Waals surface area contributed by atoms with Gasteiger partial charge in [0, 0.05) is 25.3 Å². The molecule has 1 saturated heterocycles. The first-order valence-electron chi connectivity index (χ1n) is 7.03. The van der Waals surface area contributed by atoms with Gasteiger partial charge in [0.05, 0.1) is 24.9 Å². The topological polar surface area (TPSA) is 30.3 Å². The minimum Gasteiger partial charge on any atom is -0.374 e. The molecular weight excluding hydrogens is 238 g/mol. The van der Waals surface area contributed by atoms with Crippen molar-refractivity contribution in [3.8, 4) is 0 Å². The van der Waals surface area contributed by atoms with Crippen molar-refractivity contribution >= 4 is 0 Å².